The Hall–Kier alpha value is -3.32. The third-order valence-electron chi connectivity index (χ3n) is 4.35. The van der Waals surface area contributed by atoms with Gasteiger partial charge in [0.15, 0.2) is 5.82 Å². The minimum atomic E-state index is -0.594. The van der Waals surface area contributed by atoms with E-state index in [1.54, 1.807) is 10.9 Å². The van der Waals surface area contributed by atoms with Gasteiger partial charge in [-0.05, 0) is 25.0 Å². The standard InChI is InChI=1S/C17H16N6O/c18-7-6-17(8-12(9-17)10-19)23-11-14(15(20)24)16(22-23)21-13-4-2-1-3-5-13/h1-5,11-12H,6,8-9H2,(H2,20,24)(H,21,22)/t12-,17+. The van der Waals surface area contributed by atoms with E-state index < -0.39 is 11.4 Å². The summed E-state index contributed by atoms with van der Waals surface area (Å²) < 4.78 is 1.62. The SMILES string of the molecule is N#CC[C@]1(n2cc(C(N)=O)c(Nc3ccccc3)n2)C[C@@H](C#N)C1. The molecule has 24 heavy (non-hydrogen) atoms. The molecule has 1 heterocycles. The van der Waals surface area contributed by atoms with Crippen molar-refractivity contribution in [3.8, 4) is 12.1 Å². The molecule has 0 radical (unpaired) electrons. The number of rotatable bonds is 5. The summed E-state index contributed by atoms with van der Waals surface area (Å²) in [6.07, 6.45) is 2.89. The van der Waals surface area contributed by atoms with Gasteiger partial charge in [-0.1, -0.05) is 18.2 Å². The fourth-order valence-corrected chi connectivity index (χ4v) is 3.06. The highest BCUT2D eigenvalue weighted by Gasteiger charge is 2.47. The van der Waals surface area contributed by atoms with Gasteiger partial charge in [0.05, 0.1) is 30.0 Å². The molecular formula is C17H16N6O. The molecule has 0 spiro atoms. The first kappa shape index (κ1) is 15.6. The van der Waals surface area contributed by atoms with Gasteiger partial charge in [-0.3, -0.25) is 9.48 Å². The number of carbonyl (C=O) groups excluding carboxylic acids is 1. The van der Waals surface area contributed by atoms with Gasteiger partial charge in [0.2, 0.25) is 0 Å². The van der Waals surface area contributed by atoms with Crippen LogP contribution in [0.2, 0.25) is 0 Å². The second kappa shape index (κ2) is 6.05. The molecule has 0 atom stereocenters. The van der Waals surface area contributed by atoms with Crippen LogP contribution in [0.25, 0.3) is 0 Å². The van der Waals surface area contributed by atoms with E-state index in [0.29, 0.717) is 18.7 Å². The molecular weight excluding hydrogens is 304 g/mol. The molecule has 0 aliphatic heterocycles. The largest absolute Gasteiger partial charge is 0.365 e. The van der Waals surface area contributed by atoms with Crippen molar-refractivity contribution in [1.82, 2.24) is 9.78 Å². The molecule has 1 aliphatic rings. The Morgan fingerprint density at radius 1 is 1.38 bits per heavy atom. The van der Waals surface area contributed by atoms with Crippen LogP contribution in [0.5, 0.6) is 0 Å². The molecule has 7 nitrogen and oxygen atoms in total. The summed E-state index contributed by atoms with van der Waals surface area (Å²) in [5, 5.41) is 25.7. The Balaban J connectivity index is 1.96. The van der Waals surface area contributed by atoms with E-state index in [0.717, 1.165) is 5.69 Å². The number of carbonyl (C=O) groups is 1. The minimum absolute atomic E-state index is 0.0925. The number of nitriles is 2. The summed E-state index contributed by atoms with van der Waals surface area (Å²) in [6.45, 7) is 0. The Kier molecular flexibility index (Phi) is 3.93. The van der Waals surface area contributed by atoms with Gasteiger partial charge in [0, 0.05) is 11.9 Å². The molecule has 0 saturated heterocycles. The fourth-order valence-electron chi connectivity index (χ4n) is 3.06. The summed E-state index contributed by atoms with van der Waals surface area (Å²) in [5.74, 6) is -0.334. The van der Waals surface area contributed by atoms with Gasteiger partial charge in [-0.25, -0.2) is 0 Å². The molecule has 1 aromatic heterocycles. The Labute approximate surface area is 139 Å². The number of primary amides is 1. The summed E-state index contributed by atoms with van der Waals surface area (Å²) in [4.78, 5) is 11.7. The van der Waals surface area contributed by atoms with E-state index in [4.69, 9.17) is 16.3 Å². The highest BCUT2D eigenvalue weighted by atomic mass is 16.1. The van der Waals surface area contributed by atoms with E-state index >= 15 is 0 Å². The zero-order chi connectivity index (χ0) is 17.2. The van der Waals surface area contributed by atoms with Gasteiger partial charge in [-0.15, -0.1) is 0 Å². The highest BCUT2D eigenvalue weighted by molar-refractivity contribution is 5.98. The lowest BCUT2D eigenvalue weighted by Gasteiger charge is -2.43. The van der Waals surface area contributed by atoms with Crippen LogP contribution in [0.4, 0.5) is 11.5 Å². The van der Waals surface area contributed by atoms with Crippen molar-refractivity contribution >= 4 is 17.4 Å². The first-order valence-electron chi connectivity index (χ1n) is 7.56. The van der Waals surface area contributed by atoms with Gasteiger partial charge in [0.25, 0.3) is 5.91 Å². The molecule has 1 fully saturated rings. The Bertz CT molecular complexity index is 836. The van der Waals surface area contributed by atoms with Crippen LogP contribution in [-0.2, 0) is 5.54 Å². The highest BCUT2D eigenvalue weighted by Crippen LogP contribution is 2.46. The number of nitrogens with zero attached hydrogens (tertiary/aromatic N) is 4. The molecule has 1 aliphatic carbocycles. The van der Waals surface area contributed by atoms with Crippen LogP contribution >= 0.6 is 0 Å². The number of nitrogens with two attached hydrogens (primary N) is 1. The number of aromatic nitrogens is 2. The summed E-state index contributed by atoms with van der Waals surface area (Å²) in [5.41, 5.74) is 5.96. The number of hydrogen-bond donors (Lipinski definition) is 2. The monoisotopic (exact) mass is 320 g/mol. The number of hydrogen-bond acceptors (Lipinski definition) is 5. The minimum Gasteiger partial charge on any atom is -0.365 e. The molecule has 0 bridgehead atoms. The van der Waals surface area contributed by atoms with Crippen LogP contribution in [0, 0.1) is 28.6 Å². The number of para-hydroxylation sites is 1. The van der Waals surface area contributed by atoms with Gasteiger partial charge >= 0.3 is 0 Å². The smallest absolute Gasteiger partial charge is 0.254 e. The normalized spacial score (nSPS) is 22.0. The topological polar surface area (TPSA) is 121 Å². The number of benzene rings is 1. The Morgan fingerprint density at radius 3 is 2.67 bits per heavy atom. The maximum atomic E-state index is 11.7. The van der Waals surface area contributed by atoms with E-state index in [1.165, 1.54) is 0 Å². The molecule has 1 saturated carbocycles. The van der Waals surface area contributed by atoms with E-state index in [9.17, 15) is 4.79 Å². The van der Waals surface area contributed by atoms with Crippen molar-refractivity contribution in [1.29, 1.82) is 10.5 Å². The van der Waals surface area contributed by atoms with Gasteiger partial charge < -0.3 is 11.1 Å². The summed E-state index contributed by atoms with van der Waals surface area (Å²) in [6, 6.07) is 13.7. The van der Waals surface area contributed by atoms with Gasteiger partial charge in [0.1, 0.15) is 5.56 Å². The summed E-state index contributed by atoms with van der Waals surface area (Å²) in [7, 11) is 0. The first-order chi connectivity index (χ1) is 11.6. The quantitative estimate of drug-likeness (QED) is 0.875. The third kappa shape index (κ3) is 2.68. The second-order valence-corrected chi connectivity index (χ2v) is 5.98. The molecule has 2 aromatic rings. The first-order valence-corrected chi connectivity index (χ1v) is 7.56. The Morgan fingerprint density at radius 2 is 2.08 bits per heavy atom. The lowest BCUT2D eigenvalue weighted by Crippen LogP contribution is -2.46. The zero-order valence-electron chi connectivity index (χ0n) is 12.9. The predicted octanol–water partition coefficient (Wildman–Crippen LogP) is 2.27. The maximum absolute atomic E-state index is 11.7. The van der Waals surface area contributed by atoms with Crippen molar-refractivity contribution in [3.05, 3.63) is 42.1 Å². The van der Waals surface area contributed by atoms with E-state index in [1.807, 2.05) is 30.3 Å². The predicted molar refractivity (Wildman–Crippen MR) is 87.0 cm³/mol. The molecule has 3 rings (SSSR count). The van der Waals surface area contributed by atoms with Crippen LogP contribution in [0.1, 0.15) is 29.6 Å². The molecule has 1 amide bonds. The number of nitrogens with one attached hydrogen (secondary N) is 1. The van der Waals surface area contributed by atoms with E-state index in [2.05, 4.69) is 22.6 Å². The fraction of sp³-hybridized carbons (Fsp3) is 0.294. The zero-order valence-corrected chi connectivity index (χ0v) is 12.9. The molecule has 120 valence electrons. The van der Waals surface area contributed by atoms with Crippen LogP contribution in [0.3, 0.4) is 0 Å². The van der Waals surface area contributed by atoms with Crippen LogP contribution in [0.15, 0.2) is 36.5 Å². The van der Waals surface area contributed by atoms with Crippen molar-refractivity contribution < 1.29 is 4.79 Å². The van der Waals surface area contributed by atoms with Crippen molar-refractivity contribution in [2.75, 3.05) is 5.32 Å². The van der Waals surface area contributed by atoms with Crippen molar-refractivity contribution in [3.63, 3.8) is 0 Å². The average Bonchev–Trinajstić information content (AvgIpc) is 2.96. The number of amides is 1. The summed E-state index contributed by atoms with van der Waals surface area (Å²) >= 11 is 0. The van der Waals surface area contributed by atoms with Crippen LogP contribution in [-0.4, -0.2) is 15.7 Å². The molecule has 0 unspecified atom stereocenters. The average molecular weight is 320 g/mol. The molecule has 1 aromatic carbocycles. The van der Waals surface area contributed by atoms with E-state index in [-0.39, 0.29) is 17.9 Å². The lowest BCUT2D eigenvalue weighted by atomic mass is 9.67. The maximum Gasteiger partial charge on any atom is 0.254 e. The second-order valence-electron chi connectivity index (χ2n) is 5.98. The lowest BCUT2D eigenvalue weighted by molar-refractivity contribution is 0.0880. The number of anilines is 2. The molecule has 3 N–H and O–H groups in total. The molecule has 7 heteroatoms. The van der Waals surface area contributed by atoms with Gasteiger partial charge in [-0.2, -0.15) is 15.6 Å². The third-order valence-corrected chi connectivity index (χ3v) is 4.35. The van der Waals surface area contributed by atoms with Crippen LogP contribution < -0.4 is 11.1 Å². The van der Waals surface area contributed by atoms with Crippen molar-refractivity contribution in [2.24, 2.45) is 11.7 Å². The van der Waals surface area contributed by atoms with Crippen molar-refractivity contribution in [2.45, 2.75) is 24.8 Å².